The maximum Gasteiger partial charge on any atom is 0.416 e. The van der Waals surface area contributed by atoms with Crippen molar-refractivity contribution >= 4 is 11.8 Å². The highest BCUT2D eigenvalue weighted by atomic mass is 19.4. The van der Waals surface area contributed by atoms with Crippen LogP contribution in [0.3, 0.4) is 0 Å². The van der Waals surface area contributed by atoms with Crippen molar-refractivity contribution in [1.82, 2.24) is 4.90 Å². The van der Waals surface area contributed by atoms with Gasteiger partial charge in [-0.2, -0.15) is 13.2 Å². The molecule has 0 fully saturated rings. The predicted octanol–water partition coefficient (Wildman–Crippen LogP) is 3.49. The summed E-state index contributed by atoms with van der Waals surface area (Å²) < 4.78 is 38.8. The lowest BCUT2D eigenvalue weighted by molar-refractivity contribution is -0.138. The number of nitrogens with zero attached hydrogens (tertiary/aromatic N) is 1. The van der Waals surface area contributed by atoms with E-state index in [-0.39, 0.29) is 5.91 Å². The van der Waals surface area contributed by atoms with Crippen molar-refractivity contribution in [2.24, 2.45) is 5.73 Å². The van der Waals surface area contributed by atoms with Gasteiger partial charge in [-0.3, -0.25) is 9.59 Å². The summed E-state index contributed by atoms with van der Waals surface area (Å²) in [5, 5.41) is 0. The Morgan fingerprint density at radius 3 is 2.52 bits per heavy atom. The Bertz CT molecular complexity index is 893. The van der Waals surface area contributed by atoms with Crippen molar-refractivity contribution in [3.63, 3.8) is 0 Å². The molecule has 1 atom stereocenters. The normalized spacial score (nSPS) is 15.2. The standard InChI is InChI=1S/C20H19F3N2O2/c1-12(14-3-2-4-17(10-14)20(21,22)23)19(27)25-8-7-13-5-6-15(18(24)26)9-16(13)11-25/h2-6,9-10,12H,7-8,11H2,1H3,(H2,24,26). The molecule has 4 nitrogen and oxygen atoms in total. The minimum absolute atomic E-state index is 0.246. The highest BCUT2D eigenvalue weighted by Crippen LogP contribution is 2.32. The first-order chi connectivity index (χ1) is 12.7. The lowest BCUT2D eigenvalue weighted by Crippen LogP contribution is -2.38. The number of halogens is 3. The summed E-state index contributed by atoms with van der Waals surface area (Å²) in [6, 6.07) is 10.0. The third kappa shape index (κ3) is 3.97. The first-order valence-corrected chi connectivity index (χ1v) is 8.54. The van der Waals surface area contributed by atoms with Gasteiger partial charge in [0.05, 0.1) is 11.5 Å². The number of carbonyl (C=O) groups excluding carboxylic acids is 2. The average Bonchev–Trinajstić information content (AvgIpc) is 2.65. The van der Waals surface area contributed by atoms with Crippen molar-refractivity contribution in [1.29, 1.82) is 0 Å². The van der Waals surface area contributed by atoms with Crippen LogP contribution in [0.5, 0.6) is 0 Å². The topological polar surface area (TPSA) is 63.4 Å². The molecule has 1 aliphatic heterocycles. The molecule has 7 heteroatoms. The Balaban J connectivity index is 1.80. The zero-order chi connectivity index (χ0) is 19.8. The number of primary amides is 1. The van der Waals surface area contributed by atoms with Crippen LogP contribution in [0.1, 0.15) is 45.5 Å². The van der Waals surface area contributed by atoms with Crippen LogP contribution >= 0.6 is 0 Å². The summed E-state index contributed by atoms with van der Waals surface area (Å²) in [4.78, 5) is 25.8. The van der Waals surface area contributed by atoms with Crippen LogP contribution in [-0.4, -0.2) is 23.3 Å². The summed E-state index contributed by atoms with van der Waals surface area (Å²) in [5.74, 6) is -1.49. The second kappa shape index (κ2) is 7.06. The number of rotatable bonds is 3. The van der Waals surface area contributed by atoms with Gasteiger partial charge in [-0.25, -0.2) is 0 Å². The third-order valence-corrected chi connectivity index (χ3v) is 4.90. The van der Waals surface area contributed by atoms with Gasteiger partial charge in [-0.1, -0.05) is 24.3 Å². The molecule has 2 amide bonds. The average molecular weight is 376 g/mol. The summed E-state index contributed by atoms with van der Waals surface area (Å²) in [6.07, 6.45) is -3.83. The molecule has 0 saturated heterocycles. The van der Waals surface area contributed by atoms with Gasteiger partial charge in [0, 0.05) is 18.7 Å². The van der Waals surface area contributed by atoms with Gasteiger partial charge in [0.2, 0.25) is 11.8 Å². The van der Waals surface area contributed by atoms with Gasteiger partial charge >= 0.3 is 6.18 Å². The zero-order valence-corrected chi connectivity index (χ0v) is 14.7. The van der Waals surface area contributed by atoms with Gasteiger partial charge < -0.3 is 10.6 Å². The van der Waals surface area contributed by atoms with Crippen molar-refractivity contribution in [3.05, 3.63) is 70.3 Å². The largest absolute Gasteiger partial charge is 0.416 e. The number of hydrogen-bond donors (Lipinski definition) is 1. The Hall–Kier alpha value is -2.83. The van der Waals surface area contributed by atoms with E-state index in [1.807, 2.05) is 6.07 Å². The van der Waals surface area contributed by atoms with Crippen LogP contribution in [0, 0.1) is 0 Å². The van der Waals surface area contributed by atoms with Gasteiger partial charge in [-0.15, -0.1) is 0 Å². The van der Waals surface area contributed by atoms with Crippen LogP contribution in [0.2, 0.25) is 0 Å². The molecule has 1 aliphatic rings. The summed E-state index contributed by atoms with van der Waals surface area (Å²) in [6.45, 7) is 2.39. The first-order valence-electron chi connectivity index (χ1n) is 8.54. The quantitative estimate of drug-likeness (QED) is 0.891. The Kier molecular flexibility index (Phi) is 4.95. The maximum absolute atomic E-state index is 12.9. The summed E-state index contributed by atoms with van der Waals surface area (Å²) in [5.41, 5.74) is 7.10. The van der Waals surface area contributed by atoms with Crippen molar-refractivity contribution in [2.45, 2.75) is 32.0 Å². The molecule has 27 heavy (non-hydrogen) atoms. The second-order valence-corrected chi connectivity index (χ2v) is 6.70. The molecule has 1 heterocycles. The van der Waals surface area contributed by atoms with Crippen LogP contribution in [-0.2, 0) is 23.9 Å². The van der Waals surface area contributed by atoms with Gasteiger partial charge in [0.1, 0.15) is 0 Å². The van der Waals surface area contributed by atoms with Gasteiger partial charge in [0.25, 0.3) is 0 Å². The first kappa shape index (κ1) is 18.9. The number of carbonyl (C=O) groups is 2. The van der Waals surface area contributed by atoms with Crippen LogP contribution in [0.15, 0.2) is 42.5 Å². The number of amides is 2. The molecule has 0 aromatic heterocycles. The molecule has 1 unspecified atom stereocenters. The number of alkyl halides is 3. The van der Waals surface area contributed by atoms with E-state index in [0.717, 1.165) is 23.3 Å². The molecule has 2 aromatic rings. The fraction of sp³-hybridized carbons (Fsp3) is 0.300. The minimum Gasteiger partial charge on any atom is -0.366 e. The molecule has 2 aromatic carbocycles. The SMILES string of the molecule is CC(C(=O)N1CCc2ccc(C(N)=O)cc2C1)c1cccc(C(F)(F)F)c1. The molecule has 0 aliphatic carbocycles. The number of benzene rings is 2. The fourth-order valence-corrected chi connectivity index (χ4v) is 3.30. The van der Waals surface area contributed by atoms with Crippen LogP contribution in [0.4, 0.5) is 13.2 Å². The fourth-order valence-electron chi connectivity index (χ4n) is 3.30. The van der Waals surface area contributed by atoms with Crippen molar-refractivity contribution in [2.75, 3.05) is 6.54 Å². The number of fused-ring (bicyclic) bond motifs is 1. The van der Waals surface area contributed by atoms with E-state index in [0.29, 0.717) is 30.6 Å². The Morgan fingerprint density at radius 1 is 1.11 bits per heavy atom. The van der Waals surface area contributed by atoms with E-state index in [4.69, 9.17) is 5.73 Å². The zero-order valence-electron chi connectivity index (χ0n) is 14.7. The van der Waals surface area contributed by atoms with E-state index in [9.17, 15) is 22.8 Å². The molecular formula is C20H19F3N2O2. The van der Waals surface area contributed by atoms with E-state index < -0.39 is 23.6 Å². The highest BCUT2D eigenvalue weighted by molar-refractivity contribution is 5.93. The van der Waals surface area contributed by atoms with E-state index in [2.05, 4.69) is 0 Å². The lowest BCUT2D eigenvalue weighted by atomic mass is 9.94. The smallest absolute Gasteiger partial charge is 0.366 e. The van der Waals surface area contributed by atoms with Gasteiger partial charge in [0.15, 0.2) is 0 Å². The van der Waals surface area contributed by atoms with Crippen LogP contribution < -0.4 is 5.73 Å². The lowest BCUT2D eigenvalue weighted by Gasteiger charge is -2.31. The van der Waals surface area contributed by atoms with Crippen molar-refractivity contribution < 1.29 is 22.8 Å². The molecule has 0 saturated carbocycles. The number of hydrogen-bond acceptors (Lipinski definition) is 2. The molecule has 0 spiro atoms. The second-order valence-electron chi connectivity index (χ2n) is 6.70. The maximum atomic E-state index is 12.9. The molecule has 3 rings (SSSR count). The molecule has 0 bridgehead atoms. The minimum atomic E-state index is -4.45. The van der Waals surface area contributed by atoms with Crippen LogP contribution in [0.25, 0.3) is 0 Å². The summed E-state index contributed by atoms with van der Waals surface area (Å²) in [7, 11) is 0. The Labute approximate surface area is 154 Å². The molecule has 0 radical (unpaired) electrons. The van der Waals surface area contributed by atoms with E-state index in [1.165, 1.54) is 12.1 Å². The Morgan fingerprint density at radius 2 is 1.85 bits per heavy atom. The monoisotopic (exact) mass is 376 g/mol. The predicted molar refractivity (Wildman–Crippen MR) is 93.9 cm³/mol. The van der Waals surface area contributed by atoms with Crippen molar-refractivity contribution in [3.8, 4) is 0 Å². The number of nitrogens with two attached hydrogens (primary N) is 1. The molecular weight excluding hydrogens is 357 g/mol. The van der Waals surface area contributed by atoms with E-state index >= 15 is 0 Å². The van der Waals surface area contributed by atoms with Gasteiger partial charge in [-0.05, 0) is 48.2 Å². The molecule has 2 N–H and O–H groups in total. The third-order valence-electron chi connectivity index (χ3n) is 4.90. The summed E-state index contributed by atoms with van der Waals surface area (Å²) >= 11 is 0. The highest BCUT2D eigenvalue weighted by Gasteiger charge is 2.32. The van der Waals surface area contributed by atoms with E-state index in [1.54, 1.807) is 24.0 Å². The molecule has 142 valence electrons.